The number of halogens is 1. The van der Waals surface area contributed by atoms with Crippen molar-refractivity contribution in [2.24, 2.45) is 0 Å². The van der Waals surface area contributed by atoms with Crippen molar-refractivity contribution in [3.8, 4) is 0 Å². The number of benzene rings is 1. The second-order valence-corrected chi connectivity index (χ2v) is 9.21. The molecule has 160 valence electrons. The van der Waals surface area contributed by atoms with Crippen LogP contribution < -0.4 is 5.32 Å². The van der Waals surface area contributed by atoms with Crippen LogP contribution in [0, 0.1) is 0 Å². The van der Waals surface area contributed by atoms with Gasteiger partial charge in [0.05, 0.1) is 18.8 Å². The summed E-state index contributed by atoms with van der Waals surface area (Å²) in [6, 6.07) is 9.46. The molecule has 3 fully saturated rings. The topological polar surface area (TPSA) is 54.0 Å². The van der Waals surface area contributed by atoms with E-state index in [1.54, 1.807) is 0 Å². The second kappa shape index (κ2) is 9.21. The molecule has 3 saturated heterocycles. The maximum absolute atomic E-state index is 12.1. The van der Waals surface area contributed by atoms with Gasteiger partial charge in [-0.15, -0.1) is 0 Å². The van der Waals surface area contributed by atoms with Crippen LogP contribution in [0.4, 0.5) is 4.79 Å². The molecule has 3 atom stereocenters. The van der Waals surface area contributed by atoms with Crippen LogP contribution in [0.15, 0.2) is 24.3 Å². The van der Waals surface area contributed by atoms with Crippen molar-refractivity contribution in [3.05, 3.63) is 34.9 Å². The molecule has 3 heterocycles. The van der Waals surface area contributed by atoms with Crippen LogP contribution in [-0.4, -0.2) is 72.9 Å². The Bertz CT molecular complexity index is 691. The first-order chi connectivity index (χ1) is 14.0. The van der Waals surface area contributed by atoms with Crippen molar-refractivity contribution in [2.75, 3.05) is 32.8 Å². The van der Waals surface area contributed by atoms with Gasteiger partial charge in [0, 0.05) is 49.3 Å². The molecule has 29 heavy (non-hydrogen) atoms. The summed E-state index contributed by atoms with van der Waals surface area (Å²) >= 11 is 6.01. The van der Waals surface area contributed by atoms with Gasteiger partial charge >= 0.3 is 6.09 Å². The van der Waals surface area contributed by atoms with Crippen molar-refractivity contribution < 1.29 is 14.3 Å². The van der Waals surface area contributed by atoms with E-state index < -0.39 is 0 Å². The molecule has 0 spiro atoms. The van der Waals surface area contributed by atoms with Crippen LogP contribution in [-0.2, 0) is 9.47 Å². The lowest BCUT2D eigenvalue weighted by atomic mass is 10.0. The molecule has 0 bridgehead atoms. The fourth-order valence-electron chi connectivity index (χ4n) is 4.71. The third kappa shape index (κ3) is 5.23. The van der Waals surface area contributed by atoms with Crippen LogP contribution in [0.1, 0.15) is 44.8 Å². The zero-order valence-electron chi connectivity index (χ0n) is 17.4. The number of likely N-dealkylation sites (tertiary alicyclic amines) is 1. The summed E-state index contributed by atoms with van der Waals surface area (Å²) in [7, 11) is 0. The van der Waals surface area contributed by atoms with E-state index in [1.807, 2.05) is 30.9 Å². The molecule has 0 radical (unpaired) electrons. The fourth-order valence-corrected chi connectivity index (χ4v) is 4.84. The number of hydrogen-bond donors (Lipinski definition) is 1. The number of nitrogens with zero attached hydrogens (tertiary/aromatic N) is 2. The highest BCUT2D eigenvalue weighted by atomic mass is 35.5. The Balaban J connectivity index is 1.23. The van der Waals surface area contributed by atoms with E-state index in [-0.39, 0.29) is 18.3 Å². The number of nitrogens with one attached hydrogen (secondary N) is 1. The Kier molecular flexibility index (Phi) is 6.64. The van der Waals surface area contributed by atoms with Crippen molar-refractivity contribution in [1.82, 2.24) is 15.1 Å². The number of carbonyl (C=O) groups is 1. The van der Waals surface area contributed by atoms with E-state index in [4.69, 9.17) is 21.1 Å². The van der Waals surface area contributed by atoms with Gasteiger partial charge in [0.2, 0.25) is 0 Å². The Morgan fingerprint density at radius 3 is 2.59 bits per heavy atom. The number of rotatable bonds is 4. The molecule has 0 unspecified atom stereocenters. The van der Waals surface area contributed by atoms with Crippen molar-refractivity contribution >= 4 is 17.7 Å². The molecule has 1 aromatic carbocycles. The molecule has 4 rings (SSSR count). The first-order valence-electron chi connectivity index (χ1n) is 10.8. The maximum atomic E-state index is 12.1. The van der Waals surface area contributed by atoms with Gasteiger partial charge in [-0.2, -0.15) is 0 Å². The molecule has 0 saturated carbocycles. The summed E-state index contributed by atoms with van der Waals surface area (Å²) in [5, 5.41) is 4.60. The molecule has 0 aliphatic carbocycles. The van der Waals surface area contributed by atoms with Gasteiger partial charge in [0.15, 0.2) is 0 Å². The molecule has 1 aromatic rings. The average molecular weight is 422 g/mol. The summed E-state index contributed by atoms with van der Waals surface area (Å²) in [5.41, 5.74) is 1.20. The monoisotopic (exact) mass is 421 g/mol. The number of fused-ring (bicyclic) bond motifs is 1. The highest BCUT2D eigenvalue weighted by molar-refractivity contribution is 6.30. The predicted molar refractivity (Wildman–Crippen MR) is 113 cm³/mol. The Hall–Kier alpha value is -1.34. The third-order valence-electron chi connectivity index (χ3n) is 6.22. The summed E-state index contributed by atoms with van der Waals surface area (Å²) in [6.45, 7) is 8.10. The van der Waals surface area contributed by atoms with Gasteiger partial charge in [-0.05, 0) is 50.8 Å². The lowest BCUT2D eigenvalue weighted by Crippen LogP contribution is -2.48. The molecular weight excluding hydrogens is 390 g/mol. The standard InChI is InChI=1S/C22H32ClN3O3/c1-15(2)29-22(27)25-9-7-18(8-10-25)24-19-11-20-14-28-21(13-26(20)12-19)16-3-5-17(23)6-4-16/h3-6,15,18-21,24H,7-14H2,1-2H3/t19-,20+,21-/m1/s1. The number of carbonyl (C=O) groups excluding carboxylic acids is 1. The Morgan fingerprint density at radius 1 is 1.17 bits per heavy atom. The van der Waals surface area contributed by atoms with Crippen LogP contribution in [0.5, 0.6) is 0 Å². The molecule has 1 N–H and O–H groups in total. The summed E-state index contributed by atoms with van der Waals surface area (Å²) < 4.78 is 11.5. The lowest BCUT2D eigenvalue weighted by Gasteiger charge is -2.35. The predicted octanol–water partition coefficient (Wildman–Crippen LogP) is 3.45. The third-order valence-corrected chi connectivity index (χ3v) is 6.47. The summed E-state index contributed by atoms with van der Waals surface area (Å²) in [4.78, 5) is 16.5. The van der Waals surface area contributed by atoms with Crippen molar-refractivity contribution in [2.45, 2.75) is 63.4 Å². The van der Waals surface area contributed by atoms with E-state index in [0.29, 0.717) is 18.1 Å². The van der Waals surface area contributed by atoms with Gasteiger partial charge in [-0.1, -0.05) is 23.7 Å². The minimum atomic E-state index is -0.179. The maximum Gasteiger partial charge on any atom is 0.410 e. The first-order valence-corrected chi connectivity index (χ1v) is 11.2. The lowest BCUT2D eigenvalue weighted by molar-refractivity contribution is -0.0502. The number of hydrogen-bond acceptors (Lipinski definition) is 5. The molecule has 3 aliphatic rings. The van der Waals surface area contributed by atoms with E-state index in [0.717, 1.165) is 57.1 Å². The first kappa shape index (κ1) is 20.9. The van der Waals surface area contributed by atoms with E-state index in [1.165, 1.54) is 5.56 Å². The van der Waals surface area contributed by atoms with Crippen molar-refractivity contribution in [3.63, 3.8) is 0 Å². The van der Waals surface area contributed by atoms with Gasteiger partial charge in [0.25, 0.3) is 0 Å². The van der Waals surface area contributed by atoms with Gasteiger partial charge < -0.3 is 19.7 Å². The van der Waals surface area contributed by atoms with Gasteiger partial charge in [0.1, 0.15) is 0 Å². The zero-order valence-corrected chi connectivity index (χ0v) is 18.1. The molecule has 6 nitrogen and oxygen atoms in total. The van der Waals surface area contributed by atoms with Crippen LogP contribution in [0.25, 0.3) is 0 Å². The van der Waals surface area contributed by atoms with Gasteiger partial charge in [-0.3, -0.25) is 4.90 Å². The van der Waals surface area contributed by atoms with Crippen LogP contribution in [0.3, 0.4) is 0 Å². The van der Waals surface area contributed by atoms with Crippen molar-refractivity contribution in [1.29, 1.82) is 0 Å². The largest absolute Gasteiger partial charge is 0.447 e. The average Bonchev–Trinajstić information content (AvgIpc) is 3.10. The number of ether oxygens (including phenoxy) is 2. The van der Waals surface area contributed by atoms with Gasteiger partial charge in [-0.25, -0.2) is 4.79 Å². The Morgan fingerprint density at radius 2 is 1.90 bits per heavy atom. The normalized spacial score (nSPS) is 28.6. The Labute approximate surface area is 178 Å². The van der Waals surface area contributed by atoms with Crippen LogP contribution >= 0.6 is 11.6 Å². The summed E-state index contributed by atoms with van der Waals surface area (Å²) in [5.74, 6) is 0. The minimum Gasteiger partial charge on any atom is -0.447 e. The molecule has 3 aliphatic heterocycles. The summed E-state index contributed by atoms with van der Waals surface area (Å²) in [6.07, 6.45) is 2.98. The number of morpholine rings is 1. The fraction of sp³-hybridized carbons (Fsp3) is 0.682. The van der Waals surface area contributed by atoms with Crippen LogP contribution in [0.2, 0.25) is 5.02 Å². The molecule has 1 amide bonds. The highest BCUT2D eigenvalue weighted by Gasteiger charge is 2.38. The minimum absolute atomic E-state index is 0.0619. The molecule has 7 heteroatoms. The SMILES string of the molecule is CC(C)OC(=O)N1CCC(N[C@@H]2C[C@H]3CO[C@@H](c4ccc(Cl)cc4)CN3C2)CC1. The van der Waals surface area contributed by atoms with E-state index >= 15 is 0 Å². The molecule has 0 aromatic heterocycles. The smallest absolute Gasteiger partial charge is 0.410 e. The zero-order chi connectivity index (χ0) is 20.4. The highest BCUT2D eigenvalue weighted by Crippen LogP contribution is 2.31. The molecular formula is C22H32ClN3O3. The number of amides is 1. The van der Waals surface area contributed by atoms with E-state index in [9.17, 15) is 4.79 Å². The quantitative estimate of drug-likeness (QED) is 0.806. The second-order valence-electron chi connectivity index (χ2n) is 8.77. The van der Waals surface area contributed by atoms with E-state index in [2.05, 4.69) is 22.3 Å². The number of piperidine rings is 1.